The van der Waals surface area contributed by atoms with E-state index in [1.54, 1.807) is 26.8 Å². The fourth-order valence-corrected chi connectivity index (χ4v) is 17.6. The van der Waals surface area contributed by atoms with Gasteiger partial charge in [0.2, 0.25) is 0 Å². The Morgan fingerprint density at radius 3 is 2.13 bits per heavy atom. The molecule has 4 aliphatic rings. The molecule has 4 fully saturated rings. The van der Waals surface area contributed by atoms with Crippen LogP contribution in [0.2, 0.25) is 16.6 Å². The van der Waals surface area contributed by atoms with Crippen molar-refractivity contribution in [2.24, 2.45) is 11.8 Å². The molecule has 12 nitrogen and oxygen atoms in total. The number of halogens is 2. The van der Waals surface area contributed by atoms with Gasteiger partial charge in [0.25, 0.3) is 0 Å². The highest BCUT2D eigenvalue weighted by atomic mass is 28.3. The molecular formula is C52H69F2N7O5Si. The second-order valence-corrected chi connectivity index (χ2v) is 27.2. The fraction of sp³-hybridized carbons (Fsp3) is 0.596. The van der Waals surface area contributed by atoms with Crippen LogP contribution in [-0.4, -0.2) is 106 Å². The third kappa shape index (κ3) is 8.93. The SMILES string of the molecule is CCC1CN2CC(CC)CC2(COc2nc(N3C[C@H]4CC[C@@H](C3)N4C(=O)O)c3cnc(-c4c(F)c(NC(=O)OC(C)(C)C)cc5cccc(C#C[Si](C(C)C)(C(C)C)C(C)C)c45)c(F)c3n2)C1. The molecule has 6 heterocycles. The predicted octanol–water partition coefficient (Wildman–Crippen LogP) is 11.7. The van der Waals surface area contributed by atoms with E-state index in [2.05, 4.69) is 77.1 Å². The van der Waals surface area contributed by atoms with E-state index in [9.17, 15) is 14.7 Å². The van der Waals surface area contributed by atoms with Crippen molar-refractivity contribution >= 4 is 53.4 Å². The van der Waals surface area contributed by atoms with Crippen molar-refractivity contribution in [2.45, 2.75) is 155 Å². The number of anilines is 2. The number of amides is 2. The zero-order valence-corrected chi connectivity index (χ0v) is 42.2. The van der Waals surface area contributed by atoms with Gasteiger partial charge in [0.15, 0.2) is 11.6 Å². The Balaban J connectivity index is 1.32. The van der Waals surface area contributed by atoms with Crippen molar-refractivity contribution in [3.05, 3.63) is 47.7 Å². The van der Waals surface area contributed by atoms with E-state index < -0.39 is 37.5 Å². The molecule has 0 radical (unpaired) electrons. The summed E-state index contributed by atoms with van der Waals surface area (Å²) in [5, 5.41) is 13.9. The maximum Gasteiger partial charge on any atom is 0.412 e. The Morgan fingerprint density at radius 1 is 0.940 bits per heavy atom. The monoisotopic (exact) mass is 938 g/mol. The van der Waals surface area contributed by atoms with Crippen molar-refractivity contribution in [3.8, 4) is 28.7 Å². The number of carbonyl (C=O) groups excluding carboxylic acids is 1. The molecule has 360 valence electrons. The molecule has 2 N–H and O–H groups in total. The summed E-state index contributed by atoms with van der Waals surface area (Å²) in [6.45, 7) is 26.0. The molecule has 2 aromatic heterocycles. The van der Waals surface area contributed by atoms with Crippen molar-refractivity contribution in [1.29, 1.82) is 0 Å². The minimum Gasteiger partial charge on any atom is -0.465 e. The molecule has 67 heavy (non-hydrogen) atoms. The minimum absolute atomic E-state index is 0.00429. The lowest BCUT2D eigenvalue weighted by Crippen LogP contribution is -2.55. The molecule has 4 saturated heterocycles. The van der Waals surface area contributed by atoms with Crippen LogP contribution in [0.1, 0.15) is 120 Å². The van der Waals surface area contributed by atoms with E-state index in [-0.39, 0.29) is 46.1 Å². The number of benzene rings is 2. The van der Waals surface area contributed by atoms with Crippen LogP contribution in [-0.2, 0) is 4.74 Å². The Kier molecular flexibility index (Phi) is 13.3. The van der Waals surface area contributed by atoms with Gasteiger partial charge in [0.05, 0.1) is 34.3 Å². The number of hydrogen-bond acceptors (Lipinski definition) is 9. The zero-order chi connectivity index (χ0) is 48.3. The molecule has 0 aliphatic carbocycles. The highest BCUT2D eigenvalue weighted by molar-refractivity contribution is 6.90. The van der Waals surface area contributed by atoms with Crippen molar-refractivity contribution in [1.82, 2.24) is 24.8 Å². The Hall–Kier alpha value is -5.07. The van der Waals surface area contributed by atoms with Gasteiger partial charge in [-0.1, -0.05) is 86.3 Å². The number of pyridine rings is 1. The number of aromatic nitrogens is 3. The van der Waals surface area contributed by atoms with Gasteiger partial charge < -0.3 is 19.5 Å². The molecule has 2 aromatic carbocycles. The predicted molar refractivity (Wildman–Crippen MR) is 263 cm³/mol. The first-order valence-corrected chi connectivity index (χ1v) is 26.7. The number of rotatable bonds is 11. The Morgan fingerprint density at radius 2 is 1.57 bits per heavy atom. The molecule has 4 aromatic rings. The standard InChI is InChI=1S/C52H69F2N7O5Si/c1-12-33-22-52(23-34(13-2)26-60(52)25-33)29-65-48-57-45-39(47(58-48)59-27-37-17-18-38(28-59)61(37)50(63)64)24-55-46(44(45)54)42-41-35(19-20-67(30(3)4,31(5)6)32(7)8)15-14-16-36(41)21-40(43(42)53)56-49(62)66-51(9,10)11/h14-16,21,24,30-34,37-38H,12-13,17-18,22-23,25-29H2,1-11H3,(H,56,62)(H,63,64)/t33?,34?,37-,38+,52?. The average molecular weight is 938 g/mol. The third-order valence-corrected chi connectivity index (χ3v) is 21.8. The van der Waals surface area contributed by atoms with Gasteiger partial charge in [0.1, 0.15) is 37.3 Å². The molecule has 8 rings (SSSR count). The normalized spacial score (nSPS) is 23.1. The topological polar surface area (TPSA) is 133 Å². The fourth-order valence-electron chi connectivity index (χ4n) is 12.3. The van der Waals surface area contributed by atoms with Gasteiger partial charge in [0, 0.05) is 43.3 Å². The van der Waals surface area contributed by atoms with Gasteiger partial charge in [-0.2, -0.15) is 9.97 Å². The summed E-state index contributed by atoms with van der Waals surface area (Å²) in [6.07, 6.45) is 5.18. The van der Waals surface area contributed by atoms with Crippen LogP contribution in [0.5, 0.6) is 6.01 Å². The number of piperazine rings is 1. The van der Waals surface area contributed by atoms with Crippen LogP contribution in [0, 0.1) is 34.9 Å². The average Bonchev–Trinajstić information content (AvgIpc) is 3.88. The summed E-state index contributed by atoms with van der Waals surface area (Å²) in [6, 6.07) is 6.44. The Bertz CT molecular complexity index is 2570. The molecular weight excluding hydrogens is 869 g/mol. The van der Waals surface area contributed by atoms with E-state index in [0.717, 1.165) is 38.8 Å². The summed E-state index contributed by atoms with van der Waals surface area (Å²) < 4.78 is 47.9. The maximum absolute atomic E-state index is 18.1. The van der Waals surface area contributed by atoms with Crippen LogP contribution in [0.4, 0.5) is 29.9 Å². The summed E-state index contributed by atoms with van der Waals surface area (Å²) >= 11 is 0. The lowest BCUT2D eigenvalue weighted by Gasteiger charge is -2.40. The molecule has 0 spiro atoms. The molecule has 2 amide bonds. The van der Waals surface area contributed by atoms with Crippen LogP contribution in [0.25, 0.3) is 32.9 Å². The van der Waals surface area contributed by atoms with Crippen molar-refractivity contribution < 1.29 is 33.0 Å². The smallest absolute Gasteiger partial charge is 0.412 e. The van der Waals surface area contributed by atoms with Crippen LogP contribution in [0.3, 0.4) is 0 Å². The summed E-state index contributed by atoms with van der Waals surface area (Å²) in [5.41, 5.74) is 3.42. The van der Waals surface area contributed by atoms with Crippen LogP contribution in [0.15, 0.2) is 30.5 Å². The highest BCUT2D eigenvalue weighted by Gasteiger charge is 2.52. The first-order valence-electron chi connectivity index (χ1n) is 24.5. The molecule has 2 unspecified atom stereocenters. The number of carboxylic acid groups (broad SMARTS) is 1. The minimum atomic E-state index is -2.29. The second-order valence-electron chi connectivity index (χ2n) is 21.7. The van der Waals surface area contributed by atoms with Gasteiger partial charge >= 0.3 is 18.2 Å². The quantitative estimate of drug-likeness (QED) is 0.111. The number of fused-ring (bicyclic) bond motifs is 5. The number of nitrogens with zero attached hydrogens (tertiary/aromatic N) is 6. The Labute approximate surface area is 395 Å². The van der Waals surface area contributed by atoms with Gasteiger partial charge in [-0.05, 0) is 92.4 Å². The summed E-state index contributed by atoms with van der Waals surface area (Å²) in [4.78, 5) is 46.1. The largest absolute Gasteiger partial charge is 0.465 e. The van der Waals surface area contributed by atoms with Crippen molar-refractivity contribution in [2.75, 3.05) is 43.0 Å². The number of hydrogen-bond donors (Lipinski definition) is 2. The number of ether oxygens (including phenoxy) is 2. The zero-order valence-electron chi connectivity index (χ0n) is 41.2. The van der Waals surface area contributed by atoms with E-state index in [1.165, 1.54) is 17.2 Å². The third-order valence-electron chi connectivity index (χ3n) is 15.5. The highest BCUT2D eigenvalue weighted by Crippen LogP contribution is 2.47. The molecule has 2 bridgehead atoms. The van der Waals surface area contributed by atoms with Crippen molar-refractivity contribution in [3.63, 3.8) is 0 Å². The molecule has 4 atom stereocenters. The van der Waals surface area contributed by atoms with E-state index in [0.29, 0.717) is 88.5 Å². The second kappa shape index (κ2) is 18.4. The van der Waals surface area contributed by atoms with Gasteiger partial charge in [-0.25, -0.2) is 18.4 Å². The molecule has 0 saturated carbocycles. The first kappa shape index (κ1) is 48.4. The van der Waals surface area contributed by atoms with Gasteiger partial charge in [-0.15, -0.1) is 5.54 Å². The molecule has 4 aliphatic heterocycles. The lowest BCUT2D eigenvalue weighted by molar-refractivity contribution is 0.0635. The lowest BCUT2D eigenvalue weighted by atomic mass is 9.86. The van der Waals surface area contributed by atoms with E-state index in [4.69, 9.17) is 24.4 Å². The van der Waals surface area contributed by atoms with E-state index in [1.807, 2.05) is 17.0 Å². The van der Waals surface area contributed by atoms with E-state index >= 15 is 8.78 Å². The van der Waals surface area contributed by atoms with Gasteiger partial charge in [-0.3, -0.25) is 20.1 Å². The summed E-state index contributed by atoms with van der Waals surface area (Å²) in [7, 11) is -2.29. The summed E-state index contributed by atoms with van der Waals surface area (Å²) in [5.74, 6) is 3.19. The van der Waals surface area contributed by atoms with Crippen LogP contribution >= 0.6 is 0 Å². The maximum atomic E-state index is 18.1. The number of nitrogens with one attached hydrogen (secondary N) is 1. The molecule has 15 heteroatoms. The first-order chi connectivity index (χ1) is 31.7. The van der Waals surface area contributed by atoms with Crippen LogP contribution < -0.4 is 15.0 Å². The number of carbonyl (C=O) groups is 2.